The molecular formula is C20H21N3O. The number of rotatable bonds is 5. The smallest absolute Gasteiger partial charge is 0.119 e. The van der Waals surface area contributed by atoms with Gasteiger partial charge in [-0.25, -0.2) is 0 Å². The van der Waals surface area contributed by atoms with Crippen LogP contribution in [0.5, 0.6) is 5.75 Å². The Morgan fingerprint density at radius 3 is 2.67 bits per heavy atom. The fourth-order valence-electron chi connectivity index (χ4n) is 2.61. The predicted molar refractivity (Wildman–Crippen MR) is 100 cm³/mol. The van der Waals surface area contributed by atoms with Crippen molar-refractivity contribution in [3.8, 4) is 5.75 Å². The molecule has 0 saturated carbocycles. The Kier molecular flexibility index (Phi) is 4.75. The zero-order valence-corrected chi connectivity index (χ0v) is 14.2. The van der Waals surface area contributed by atoms with E-state index in [1.165, 1.54) is 0 Å². The van der Waals surface area contributed by atoms with Gasteiger partial charge < -0.3 is 4.74 Å². The predicted octanol–water partition coefficient (Wildman–Crippen LogP) is 4.70. The molecule has 24 heavy (non-hydrogen) atoms. The molecule has 0 spiro atoms. The van der Waals surface area contributed by atoms with Crippen LogP contribution in [0.3, 0.4) is 0 Å². The second kappa shape index (κ2) is 7.13. The van der Waals surface area contributed by atoms with Crippen LogP contribution in [0, 0.1) is 13.8 Å². The van der Waals surface area contributed by atoms with Crippen molar-refractivity contribution in [1.82, 2.24) is 4.98 Å². The molecule has 1 N–H and O–H groups in total. The van der Waals surface area contributed by atoms with E-state index in [0.29, 0.717) is 6.61 Å². The van der Waals surface area contributed by atoms with Gasteiger partial charge in [-0.05, 0) is 62.2 Å². The number of nitrogens with one attached hydrogen (secondary N) is 1. The molecule has 4 nitrogen and oxygen atoms in total. The zero-order valence-electron chi connectivity index (χ0n) is 14.2. The van der Waals surface area contributed by atoms with Gasteiger partial charge in [-0.15, -0.1) is 0 Å². The summed E-state index contributed by atoms with van der Waals surface area (Å²) >= 11 is 0. The monoisotopic (exact) mass is 319 g/mol. The van der Waals surface area contributed by atoms with Gasteiger partial charge in [0.1, 0.15) is 5.75 Å². The number of anilines is 1. The molecule has 1 heterocycles. The molecule has 0 aliphatic heterocycles. The first-order chi connectivity index (χ1) is 11.7. The van der Waals surface area contributed by atoms with Crippen molar-refractivity contribution in [2.24, 2.45) is 5.10 Å². The summed E-state index contributed by atoms with van der Waals surface area (Å²) in [6.07, 6.45) is 1.80. The molecule has 4 heteroatoms. The van der Waals surface area contributed by atoms with Gasteiger partial charge in [0.05, 0.1) is 24.0 Å². The van der Waals surface area contributed by atoms with Crippen molar-refractivity contribution in [1.29, 1.82) is 0 Å². The zero-order chi connectivity index (χ0) is 16.9. The Bertz CT molecular complexity index is 870. The van der Waals surface area contributed by atoms with Crippen LogP contribution in [0.4, 0.5) is 5.69 Å². The van der Waals surface area contributed by atoms with E-state index < -0.39 is 0 Å². The summed E-state index contributed by atoms with van der Waals surface area (Å²) in [5.74, 6) is 0.869. The molecule has 3 aromatic rings. The average Bonchev–Trinajstić information content (AvgIpc) is 2.58. The molecule has 0 bridgehead atoms. The number of aryl methyl sites for hydroxylation is 2. The SMILES string of the molecule is CCOc1ccc(/C=N\Nc2cc(C)nc3c(C)cccc23)cc1. The van der Waals surface area contributed by atoms with E-state index in [0.717, 1.165) is 39.2 Å². The van der Waals surface area contributed by atoms with Crippen molar-refractivity contribution in [2.45, 2.75) is 20.8 Å². The number of fused-ring (bicyclic) bond motifs is 1. The maximum absolute atomic E-state index is 5.44. The molecule has 0 atom stereocenters. The first-order valence-electron chi connectivity index (χ1n) is 8.06. The molecule has 0 amide bonds. The van der Waals surface area contributed by atoms with Crippen LogP contribution in [0.2, 0.25) is 0 Å². The quantitative estimate of drug-likeness (QED) is 0.548. The topological polar surface area (TPSA) is 46.5 Å². The number of pyridine rings is 1. The van der Waals surface area contributed by atoms with Crippen molar-refractivity contribution in [3.63, 3.8) is 0 Å². The summed E-state index contributed by atoms with van der Waals surface area (Å²) in [5.41, 5.74) is 8.26. The van der Waals surface area contributed by atoms with Crippen LogP contribution in [0.15, 0.2) is 53.6 Å². The molecule has 122 valence electrons. The standard InChI is InChI=1S/C20H21N3O/c1-4-24-17-10-8-16(9-11-17)13-21-23-19-12-15(3)22-20-14(2)6-5-7-18(19)20/h5-13H,4H2,1-3H3,(H,22,23)/b21-13-. The highest BCUT2D eigenvalue weighted by Crippen LogP contribution is 2.25. The number of benzene rings is 2. The molecule has 0 fully saturated rings. The van der Waals surface area contributed by atoms with E-state index >= 15 is 0 Å². The molecule has 0 radical (unpaired) electrons. The minimum atomic E-state index is 0.670. The third-order valence-electron chi connectivity index (χ3n) is 3.76. The highest BCUT2D eigenvalue weighted by Gasteiger charge is 2.05. The molecule has 2 aromatic carbocycles. The van der Waals surface area contributed by atoms with Crippen molar-refractivity contribution >= 4 is 22.8 Å². The first kappa shape index (κ1) is 16.0. The summed E-state index contributed by atoms with van der Waals surface area (Å²) < 4.78 is 5.44. The number of nitrogens with zero attached hydrogens (tertiary/aromatic N) is 2. The third kappa shape index (κ3) is 3.54. The first-order valence-corrected chi connectivity index (χ1v) is 8.06. The van der Waals surface area contributed by atoms with Gasteiger partial charge in [0.15, 0.2) is 0 Å². The van der Waals surface area contributed by atoms with E-state index in [9.17, 15) is 0 Å². The average molecular weight is 319 g/mol. The van der Waals surface area contributed by atoms with Gasteiger partial charge in [0.25, 0.3) is 0 Å². The molecule has 3 rings (SSSR count). The second-order valence-electron chi connectivity index (χ2n) is 5.65. The summed E-state index contributed by atoms with van der Waals surface area (Å²) in [6, 6.07) is 16.0. The molecule has 0 aliphatic carbocycles. The summed E-state index contributed by atoms with van der Waals surface area (Å²) in [7, 11) is 0. The van der Waals surface area contributed by atoms with Gasteiger partial charge in [0.2, 0.25) is 0 Å². The van der Waals surface area contributed by atoms with E-state index in [-0.39, 0.29) is 0 Å². The molecular weight excluding hydrogens is 298 g/mol. The molecule has 0 aliphatic rings. The van der Waals surface area contributed by atoms with Gasteiger partial charge in [-0.2, -0.15) is 5.10 Å². The van der Waals surface area contributed by atoms with E-state index in [1.807, 2.05) is 50.2 Å². The van der Waals surface area contributed by atoms with Gasteiger partial charge in [-0.1, -0.05) is 18.2 Å². The Balaban J connectivity index is 1.81. The van der Waals surface area contributed by atoms with Gasteiger partial charge in [-0.3, -0.25) is 10.4 Å². The van der Waals surface area contributed by atoms with Gasteiger partial charge >= 0.3 is 0 Å². The lowest BCUT2D eigenvalue weighted by atomic mass is 10.1. The van der Waals surface area contributed by atoms with Crippen molar-refractivity contribution in [3.05, 3.63) is 65.4 Å². The Morgan fingerprint density at radius 1 is 1.12 bits per heavy atom. The third-order valence-corrected chi connectivity index (χ3v) is 3.76. The molecule has 0 unspecified atom stereocenters. The summed E-state index contributed by atoms with van der Waals surface area (Å²) in [4.78, 5) is 4.62. The van der Waals surface area contributed by atoms with Crippen LogP contribution < -0.4 is 10.2 Å². The highest BCUT2D eigenvalue weighted by atomic mass is 16.5. The maximum atomic E-state index is 5.44. The largest absolute Gasteiger partial charge is 0.494 e. The van der Waals surface area contributed by atoms with Crippen LogP contribution in [-0.2, 0) is 0 Å². The Hall–Kier alpha value is -2.88. The Morgan fingerprint density at radius 2 is 1.92 bits per heavy atom. The minimum Gasteiger partial charge on any atom is -0.494 e. The number of aromatic nitrogens is 1. The van der Waals surface area contributed by atoms with E-state index in [2.05, 4.69) is 34.6 Å². The van der Waals surface area contributed by atoms with Crippen LogP contribution in [0.1, 0.15) is 23.7 Å². The van der Waals surface area contributed by atoms with E-state index in [4.69, 9.17) is 4.74 Å². The molecule has 1 aromatic heterocycles. The number of hydrogen-bond acceptors (Lipinski definition) is 4. The Labute approximate surface area is 142 Å². The number of ether oxygens (including phenoxy) is 1. The lowest BCUT2D eigenvalue weighted by molar-refractivity contribution is 0.340. The fraction of sp³-hybridized carbons (Fsp3) is 0.200. The summed E-state index contributed by atoms with van der Waals surface area (Å²) in [5, 5.41) is 5.44. The maximum Gasteiger partial charge on any atom is 0.119 e. The van der Waals surface area contributed by atoms with Crippen molar-refractivity contribution in [2.75, 3.05) is 12.0 Å². The number of hydrogen-bond donors (Lipinski definition) is 1. The normalized spacial score (nSPS) is 11.1. The lowest BCUT2D eigenvalue weighted by Crippen LogP contribution is -1.96. The second-order valence-corrected chi connectivity index (χ2v) is 5.65. The van der Waals surface area contributed by atoms with Gasteiger partial charge in [0, 0.05) is 11.1 Å². The lowest BCUT2D eigenvalue weighted by Gasteiger charge is -2.09. The van der Waals surface area contributed by atoms with Crippen LogP contribution in [-0.4, -0.2) is 17.8 Å². The van der Waals surface area contributed by atoms with E-state index in [1.54, 1.807) is 6.21 Å². The van der Waals surface area contributed by atoms with Crippen molar-refractivity contribution < 1.29 is 4.74 Å². The number of para-hydroxylation sites is 1. The highest BCUT2D eigenvalue weighted by molar-refractivity contribution is 5.93. The number of hydrazone groups is 1. The van der Waals surface area contributed by atoms with Crippen LogP contribution >= 0.6 is 0 Å². The molecule has 0 saturated heterocycles. The van der Waals surface area contributed by atoms with Crippen LogP contribution in [0.25, 0.3) is 10.9 Å². The fourth-order valence-corrected chi connectivity index (χ4v) is 2.61. The summed E-state index contributed by atoms with van der Waals surface area (Å²) in [6.45, 7) is 6.71. The minimum absolute atomic E-state index is 0.670.